The van der Waals surface area contributed by atoms with Gasteiger partial charge < -0.3 is 24.7 Å². The summed E-state index contributed by atoms with van der Waals surface area (Å²) in [5.74, 6) is 5.02. The number of carbonyl (C=O) groups is 2. The van der Waals surface area contributed by atoms with Gasteiger partial charge in [0, 0.05) is 43.2 Å². The van der Waals surface area contributed by atoms with E-state index in [1.54, 1.807) is 55.1 Å². The van der Waals surface area contributed by atoms with E-state index in [0.717, 1.165) is 0 Å². The maximum Gasteiger partial charge on any atom is 0.259 e. The minimum Gasteiger partial charge on any atom is -0.472 e. The molecule has 0 unspecified atom stereocenters. The number of pyridine rings is 2. The zero-order valence-corrected chi connectivity index (χ0v) is 20.5. The summed E-state index contributed by atoms with van der Waals surface area (Å²) in [6, 6.07) is 6.60. The van der Waals surface area contributed by atoms with E-state index in [1.807, 2.05) is 13.0 Å². The standard InChI is InChI=1S/C26H32N4O5/c1-17-14-30(18(2)16-31)26(34)22-11-20(9-8-19(3)32)13-28-25(22)35-23(17)15-29(4)24(33)12-21-7-5-6-10-27-21/h5-7,10-11,13,17-19,23,31-32H,12,14-16H2,1-4H3/t17-,18-,19-,23+/m1/s1. The van der Waals surface area contributed by atoms with Crippen LogP contribution in [0.4, 0.5) is 0 Å². The van der Waals surface area contributed by atoms with Gasteiger partial charge in [-0.2, -0.15) is 0 Å². The van der Waals surface area contributed by atoms with Crippen LogP contribution in [0.3, 0.4) is 0 Å². The van der Waals surface area contributed by atoms with Crippen molar-refractivity contribution in [3.05, 3.63) is 53.5 Å². The summed E-state index contributed by atoms with van der Waals surface area (Å²) in [5, 5.41) is 19.2. The Morgan fingerprint density at radius 1 is 1.34 bits per heavy atom. The highest BCUT2D eigenvalue weighted by Crippen LogP contribution is 2.27. The molecule has 0 radical (unpaired) electrons. The van der Waals surface area contributed by atoms with Gasteiger partial charge in [0.2, 0.25) is 11.8 Å². The third-order valence-corrected chi connectivity index (χ3v) is 5.88. The summed E-state index contributed by atoms with van der Waals surface area (Å²) in [4.78, 5) is 38.0. The molecule has 9 heteroatoms. The molecule has 4 atom stereocenters. The van der Waals surface area contributed by atoms with Crippen molar-refractivity contribution < 1.29 is 24.5 Å². The van der Waals surface area contributed by atoms with Gasteiger partial charge in [-0.25, -0.2) is 4.98 Å². The van der Waals surface area contributed by atoms with Crippen LogP contribution in [0.1, 0.15) is 42.4 Å². The van der Waals surface area contributed by atoms with Crippen LogP contribution < -0.4 is 4.74 Å². The Morgan fingerprint density at radius 3 is 2.77 bits per heavy atom. The fourth-order valence-corrected chi connectivity index (χ4v) is 3.74. The van der Waals surface area contributed by atoms with Crippen molar-refractivity contribution in [1.82, 2.24) is 19.8 Å². The molecule has 3 heterocycles. The molecule has 2 amide bonds. The van der Waals surface area contributed by atoms with Crippen molar-refractivity contribution >= 4 is 11.8 Å². The zero-order valence-electron chi connectivity index (χ0n) is 20.5. The molecule has 0 saturated heterocycles. The van der Waals surface area contributed by atoms with Crippen LogP contribution in [0.25, 0.3) is 0 Å². The summed E-state index contributed by atoms with van der Waals surface area (Å²) in [6.45, 7) is 5.68. The van der Waals surface area contributed by atoms with Gasteiger partial charge in [-0.15, -0.1) is 0 Å². The first kappa shape index (κ1) is 26.1. The number of hydrogen-bond donors (Lipinski definition) is 2. The van der Waals surface area contributed by atoms with Crippen LogP contribution in [-0.4, -0.2) is 86.8 Å². The fraction of sp³-hybridized carbons (Fsp3) is 0.462. The number of aliphatic hydroxyl groups excluding tert-OH is 2. The minimum atomic E-state index is -0.820. The zero-order chi connectivity index (χ0) is 25.5. The van der Waals surface area contributed by atoms with Crippen molar-refractivity contribution in [1.29, 1.82) is 0 Å². The molecule has 0 fully saturated rings. The van der Waals surface area contributed by atoms with Crippen molar-refractivity contribution in [2.24, 2.45) is 5.92 Å². The highest BCUT2D eigenvalue weighted by Gasteiger charge is 2.34. The molecule has 2 aromatic heterocycles. The molecule has 9 nitrogen and oxygen atoms in total. The summed E-state index contributed by atoms with van der Waals surface area (Å²) >= 11 is 0. The molecular formula is C26H32N4O5. The van der Waals surface area contributed by atoms with Crippen molar-refractivity contribution in [2.75, 3.05) is 26.7 Å². The lowest BCUT2D eigenvalue weighted by Gasteiger charge is -2.37. The summed E-state index contributed by atoms with van der Waals surface area (Å²) in [5.41, 5.74) is 1.37. The number of hydrogen-bond acceptors (Lipinski definition) is 7. The molecule has 186 valence electrons. The second kappa shape index (κ2) is 11.8. The first-order valence-electron chi connectivity index (χ1n) is 11.6. The number of rotatable bonds is 6. The molecule has 1 aliphatic heterocycles. The number of amides is 2. The van der Waals surface area contributed by atoms with E-state index in [0.29, 0.717) is 17.8 Å². The molecule has 0 spiro atoms. The minimum absolute atomic E-state index is 0.102. The molecule has 0 aromatic carbocycles. The van der Waals surface area contributed by atoms with E-state index in [2.05, 4.69) is 21.8 Å². The summed E-state index contributed by atoms with van der Waals surface area (Å²) in [6.07, 6.45) is 2.04. The van der Waals surface area contributed by atoms with Crippen LogP contribution in [0.2, 0.25) is 0 Å². The molecule has 2 aromatic rings. The highest BCUT2D eigenvalue weighted by molar-refractivity contribution is 5.97. The monoisotopic (exact) mass is 480 g/mol. The van der Waals surface area contributed by atoms with Crippen LogP contribution >= 0.6 is 0 Å². The summed E-state index contributed by atoms with van der Waals surface area (Å²) in [7, 11) is 1.71. The SMILES string of the molecule is C[C@@H]1CN([C@H](C)CO)C(=O)c2cc(C#C[C@@H](C)O)cnc2O[C@H]1CN(C)C(=O)Cc1ccccn1. The molecule has 3 rings (SSSR count). The Balaban J connectivity index is 1.89. The van der Waals surface area contributed by atoms with Gasteiger partial charge in [-0.05, 0) is 32.0 Å². The maximum atomic E-state index is 13.4. The predicted octanol–water partition coefficient (Wildman–Crippen LogP) is 1.13. The summed E-state index contributed by atoms with van der Waals surface area (Å²) < 4.78 is 6.20. The third kappa shape index (κ3) is 6.78. The van der Waals surface area contributed by atoms with E-state index in [1.165, 1.54) is 6.20 Å². The Hall–Kier alpha value is -3.48. The van der Waals surface area contributed by atoms with Gasteiger partial charge in [-0.3, -0.25) is 14.6 Å². The van der Waals surface area contributed by atoms with E-state index in [-0.39, 0.29) is 48.7 Å². The molecular weight excluding hydrogens is 448 g/mol. The third-order valence-electron chi connectivity index (χ3n) is 5.88. The molecule has 0 aliphatic carbocycles. The Kier molecular flexibility index (Phi) is 8.79. The van der Waals surface area contributed by atoms with Gasteiger partial charge in [0.15, 0.2) is 0 Å². The molecule has 1 aliphatic rings. The molecule has 0 bridgehead atoms. The Morgan fingerprint density at radius 2 is 2.11 bits per heavy atom. The van der Waals surface area contributed by atoms with Gasteiger partial charge in [-0.1, -0.05) is 24.8 Å². The van der Waals surface area contributed by atoms with Crippen molar-refractivity contribution in [2.45, 2.75) is 45.4 Å². The van der Waals surface area contributed by atoms with Crippen LogP contribution in [0.5, 0.6) is 5.88 Å². The first-order valence-corrected chi connectivity index (χ1v) is 11.6. The lowest BCUT2D eigenvalue weighted by molar-refractivity contribution is -0.130. The number of carbonyl (C=O) groups excluding carboxylic acids is 2. The number of aromatic nitrogens is 2. The average Bonchev–Trinajstić information content (AvgIpc) is 2.84. The van der Waals surface area contributed by atoms with Gasteiger partial charge in [0.05, 0.1) is 25.6 Å². The van der Waals surface area contributed by atoms with E-state index < -0.39 is 18.2 Å². The second-order valence-electron chi connectivity index (χ2n) is 8.92. The predicted molar refractivity (Wildman–Crippen MR) is 130 cm³/mol. The van der Waals surface area contributed by atoms with E-state index in [4.69, 9.17) is 4.74 Å². The normalized spacial score (nSPS) is 19.3. The number of aliphatic hydroxyl groups is 2. The maximum absolute atomic E-state index is 13.4. The number of ether oxygens (including phenoxy) is 1. The topological polar surface area (TPSA) is 116 Å². The lowest BCUT2D eigenvalue weighted by Crippen LogP contribution is -2.50. The first-order chi connectivity index (χ1) is 16.7. The number of likely N-dealkylation sites (N-methyl/N-ethyl adjacent to an activating group) is 1. The van der Waals surface area contributed by atoms with E-state index in [9.17, 15) is 19.8 Å². The van der Waals surface area contributed by atoms with Crippen molar-refractivity contribution in [3.63, 3.8) is 0 Å². The largest absolute Gasteiger partial charge is 0.472 e. The van der Waals surface area contributed by atoms with Crippen LogP contribution in [0, 0.1) is 17.8 Å². The Bertz CT molecular complexity index is 1100. The second-order valence-corrected chi connectivity index (χ2v) is 8.92. The number of nitrogens with zero attached hydrogens (tertiary/aromatic N) is 4. The van der Waals surface area contributed by atoms with E-state index >= 15 is 0 Å². The highest BCUT2D eigenvalue weighted by atomic mass is 16.5. The van der Waals surface area contributed by atoms with Crippen LogP contribution in [-0.2, 0) is 11.2 Å². The van der Waals surface area contributed by atoms with Gasteiger partial charge in [0.25, 0.3) is 5.91 Å². The quantitative estimate of drug-likeness (QED) is 0.596. The lowest BCUT2D eigenvalue weighted by atomic mass is 9.99. The van der Waals surface area contributed by atoms with Gasteiger partial charge >= 0.3 is 0 Å². The van der Waals surface area contributed by atoms with Crippen LogP contribution in [0.15, 0.2) is 36.7 Å². The Labute approximate surface area is 205 Å². The van der Waals surface area contributed by atoms with Gasteiger partial charge in [0.1, 0.15) is 17.8 Å². The molecule has 35 heavy (non-hydrogen) atoms. The van der Waals surface area contributed by atoms with Crippen molar-refractivity contribution in [3.8, 4) is 17.7 Å². The average molecular weight is 481 g/mol. The molecule has 0 saturated carbocycles. The fourth-order valence-electron chi connectivity index (χ4n) is 3.74. The number of fused-ring (bicyclic) bond motifs is 1. The smallest absolute Gasteiger partial charge is 0.259 e. The molecule has 2 N–H and O–H groups in total.